The molecule has 0 saturated carbocycles. The molecule has 2 rings (SSSR count). The topological polar surface area (TPSA) is 80.0 Å². The van der Waals surface area contributed by atoms with Gasteiger partial charge in [0.05, 0.1) is 0 Å². The second-order valence-electron chi connectivity index (χ2n) is 4.35. The van der Waals surface area contributed by atoms with Gasteiger partial charge < -0.3 is 15.2 Å². The molecule has 1 heterocycles. The number of aromatic nitrogens is 2. The lowest BCUT2D eigenvalue weighted by Crippen LogP contribution is -2.27. The number of nitrogens with one attached hydrogen (secondary N) is 2. The van der Waals surface area contributed by atoms with Gasteiger partial charge in [0.15, 0.2) is 6.33 Å². The van der Waals surface area contributed by atoms with Crippen LogP contribution in [0.1, 0.15) is 21.8 Å². The van der Waals surface area contributed by atoms with Gasteiger partial charge in [-0.25, -0.2) is 0 Å². The van der Waals surface area contributed by atoms with Crippen LogP contribution < -0.4 is 10.6 Å². The molecule has 1 aromatic heterocycles. The molecule has 0 aliphatic heterocycles. The predicted octanol–water partition coefficient (Wildman–Crippen LogP) is 0.804. The van der Waals surface area contributed by atoms with Gasteiger partial charge in [-0.1, -0.05) is 23.4 Å². The zero-order valence-electron chi connectivity index (χ0n) is 11.4. The van der Waals surface area contributed by atoms with Crippen molar-refractivity contribution in [2.75, 3.05) is 20.1 Å². The van der Waals surface area contributed by atoms with Crippen LogP contribution in [-0.4, -0.2) is 36.2 Å². The highest BCUT2D eigenvalue weighted by Gasteiger charge is 2.10. The van der Waals surface area contributed by atoms with Crippen molar-refractivity contribution in [3.63, 3.8) is 0 Å². The molecule has 1 amide bonds. The average molecular weight is 274 g/mol. The Hall–Kier alpha value is -2.21. The number of likely N-dealkylation sites (N-methyl/N-ethyl adjacent to an activating group) is 1. The van der Waals surface area contributed by atoms with Crippen LogP contribution in [0.2, 0.25) is 0 Å². The number of carbonyl (C=O) groups excluding carboxylic acids is 1. The van der Waals surface area contributed by atoms with E-state index in [9.17, 15) is 4.79 Å². The second-order valence-corrected chi connectivity index (χ2v) is 4.35. The third-order valence-corrected chi connectivity index (χ3v) is 2.94. The molecule has 0 atom stereocenters. The number of hydrogen-bond acceptors (Lipinski definition) is 5. The zero-order valence-corrected chi connectivity index (χ0v) is 11.4. The Morgan fingerprint density at radius 1 is 1.25 bits per heavy atom. The van der Waals surface area contributed by atoms with E-state index in [2.05, 4.69) is 20.8 Å². The molecule has 0 saturated heterocycles. The minimum atomic E-state index is -0.0729. The van der Waals surface area contributed by atoms with E-state index in [-0.39, 0.29) is 5.91 Å². The van der Waals surface area contributed by atoms with Gasteiger partial charge in [-0.05, 0) is 31.6 Å². The number of hydrogen-bond donors (Lipinski definition) is 2. The lowest BCUT2D eigenvalue weighted by molar-refractivity contribution is 0.0952. The van der Waals surface area contributed by atoms with Crippen molar-refractivity contribution >= 4 is 5.91 Å². The van der Waals surface area contributed by atoms with Gasteiger partial charge in [0.1, 0.15) is 0 Å². The maximum absolute atomic E-state index is 12.2. The van der Waals surface area contributed by atoms with Gasteiger partial charge in [-0.2, -0.15) is 4.98 Å². The molecule has 2 N–H and O–H groups in total. The van der Waals surface area contributed by atoms with Gasteiger partial charge >= 0.3 is 0 Å². The first-order valence-corrected chi connectivity index (χ1v) is 6.57. The van der Waals surface area contributed by atoms with Crippen LogP contribution in [0.4, 0.5) is 0 Å². The Labute approximate surface area is 117 Å². The Balaban J connectivity index is 1.91. The predicted molar refractivity (Wildman–Crippen MR) is 74.4 cm³/mol. The lowest BCUT2D eigenvalue weighted by Gasteiger charge is -2.09. The summed E-state index contributed by atoms with van der Waals surface area (Å²) in [5, 5.41) is 9.47. The molecule has 0 bridgehead atoms. The number of nitrogens with zero attached hydrogens (tertiary/aromatic N) is 2. The molecule has 20 heavy (non-hydrogen) atoms. The fourth-order valence-corrected chi connectivity index (χ4v) is 1.90. The maximum Gasteiger partial charge on any atom is 0.251 e. The molecule has 0 aliphatic rings. The minimum absolute atomic E-state index is 0.0729. The standard InChI is InChI=1S/C14H18N4O2/c1-15-8-6-11-4-2-3-5-12(11)14(19)16-9-7-13-17-10-18-20-13/h2-5,10,15H,6-9H2,1H3,(H,16,19). The van der Waals surface area contributed by atoms with Crippen LogP contribution in [0.3, 0.4) is 0 Å². The number of carbonyl (C=O) groups is 1. The van der Waals surface area contributed by atoms with Crippen molar-refractivity contribution < 1.29 is 9.32 Å². The first-order chi connectivity index (χ1) is 9.81. The maximum atomic E-state index is 12.2. The fourth-order valence-electron chi connectivity index (χ4n) is 1.90. The zero-order chi connectivity index (χ0) is 14.2. The summed E-state index contributed by atoms with van der Waals surface area (Å²) in [6, 6.07) is 7.63. The quantitative estimate of drug-likeness (QED) is 0.781. The van der Waals surface area contributed by atoms with Crippen LogP contribution in [0.5, 0.6) is 0 Å². The summed E-state index contributed by atoms with van der Waals surface area (Å²) in [6.45, 7) is 1.31. The molecule has 0 aliphatic carbocycles. The molecule has 0 radical (unpaired) electrons. The first kappa shape index (κ1) is 14.2. The highest BCUT2D eigenvalue weighted by Crippen LogP contribution is 2.09. The Kier molecular flexibility index (Phi) is 5.25. The third kappa shape index (κ3) is 3.89. The van der Waals surface area contributed by atoms with Crippen LogP contribution >= 0.6 is 0 Å². The third-order valence-electron chi connectivity index (χ3n) is 2.94. The monoisotopic (exact) mass is 274 g/mol. The highest BCUT2D eigenvalue weighted by atomic mass is 16.5. The summed E-state index contributed by atoms with van der Waals surface area (Å²) >= 11 is 0. The molecule has 106 valence electrons. The molecule has 0 fully saturated rings. The molecule has 6 heteroatoms. The van der Waals surface area contributed by atoms with E-state index in [1.807, 2.05) is 31.3 Å². The molecular weight excluding hydrogens is 256 g/mol. The molecular formula is C14H18N4O2. The summed E-state index contributed by atoms with van der Waals surface area (Å²) < 4.78 is 4.88. The summed E-state index contributed by atoms with van der Waals surface area (Å²) in [5.41, 5.74) is 1.76. The largest absolute Gasteiger partial charge is 0.352 e. The second kappa shape index (κ2) is 7.40. The lowest BCUT2D eigenvalue weighted by atomic mass is 10.0. The van der Waals surface area contributed by atoms with E-state index < -0.39 is 0 Å². The van der Waals surface area contributed by atoms with Crippen molar-refractivity contribution in [3.05, 3.63) is 47.6 Å². The highest BCUT2D eigenvalue weighted by molar-refractivity contribution is 5.95. The van der Waals surface area contributed by atoms with Crippen molar-refractivity contribution in [2.45, 2.75) is 12.8 Å². The van der Waals surface area contributed by atoms with E-state index >= 15 is 0 Å². The molecule has 2 aromatic rings. The minimum Gasteiger partial charge on any atom is -0.352 e. The van der Waals surface area contributed by atoms with E-state index in [4.69, 9.17) is 4.52 Å². The van der Waals surface area contributed by atoms with E-state index in [1.165, 1.54) is 6.33 Å². The van der Waals surface area contributed by atoms with Gasteiger partial charge in [0, 0.05) is 18.5 Å². The average Bonchev–Trinajstić information content (AvgIpc) is 2.98. The number of amides is 1. The Morgan fingerprint density at radius 2 is 2.10 bits per heavy atom. The van der Waals surface area contributed by atoms with Crippen molar-refractivity contribution in [1.29, 1.82) is 0 Å². The number of benzene rings is 1. The fraction of sp³-hybridized carbons (Fsp3) is 0.357. The van der Waals surface area contributed by atoms with Gasteiger partial charge in [-0.15, -0.1) is 0 Å². The van der Waals surface area contributed by atoms with Gasteiger partial charge in [-0.3, -0.25) is 4.79 Å². The molecule has 1 aromatic carbocycles. The normalized spacial score (nSPS) is 10.4. The van der Waals surface area contributed by atoms with Crippen LogP contribution in [-0.2, 0) is 12.8 Å². The van der Waals surface area contributed by atoms with Crippen LogP contribution in [0.15, 0.2) is 35.1 Å². The molecule has 0 unspecified atom stereocenters. The summed E-state index contributed by atoms with van der Waals surface area (Å²) in [5.74, 6) is 0.449. The SMILES string of the molecule is CNCCc1ccccc1C(=O)NCCc1ncno1. The molecule has 0 spiro atoms. The van der Waals surface area contributed by atoms with E-state index in [0.29, 0.717) is 24.4 Å². The smallest absolute Gasteiger partial charge is 0.251 e. The van der Waals surface area contributed by atoms with Crippen LogP contribution in [0, 0.1) is 0 Å². The van der Waals surface area contributed by atoms with Gasteiger partial charge in [0.2, 0.25) is 5.89 Å². The number of rotatable bonds is 7. The molecule has 6 nitrogen and oxygen atoms in total. The summed E-state index contributed by atoms with van der Waals surface area (Å²) in [4.78, 5) is 16.1. The van der Waals surface area contributed by atoms with E-state index in [0.717, 1.165) is 18.5 Å². The summed E-state index contributed by atoms with van der Waals surface area (Å²) in [7, 11) is 1.90. The first-order valence-electron chi connectivity index (χ1n) is 6.57. The van der Waals surface area contributed by atoms with Crippen LogP contribution in [0.25, 0.3) is 0 Å². The van der Waals surface area contributed by atoms with Gasteiger partial charge in [0.25, 0.3) is 5.91 Å². The Morgan fingerprint density at radius 3 is 2.85 bits per heavy atom. The van der Waals surface area contributed by atoms with Crippen molar-refractivity contribution in [2.24, 2.45) is 0 Å². The van der Waals surface area contributed by atoms with Crippen molar-refractivity contribution in [3.8, 4) is 0 Å². The summed E-state index contributed by atoms with van der Waals surface area (Å²) in [6.07, 6.45) is 2.71. The Bertz CT molecular complexity index is 540. The van der Waals surface area contributed by atoms with Crippen molar-refractivity contribution in [1.82, 2.24) is 20.8 Å². The van der Waals surface area contributed by atoms with E-state index in [1.54, 1.807) is 0 Å².